The summed E-state index contributed by atoms with van der Waals surface area (Å²) in [5.41, 5.74) is 0. The van der Waals surface area contributed by atoms with Crippen molar-refractivity contribution >= 4 is 11.8 Å². The molecule has 1 atom stereocenters. The van der Waals surface area contributed by atoms with Crippen molar-refractivity contribution in [1.82, 2.24) is 0 Å². The summed E-state index contributed by atoms with van der Waals surface area (Å²) in [4.78, 5) is 22.8. The van der Waals surface area contributed by atoms with Gasteiger partial charge in [-0.15, -0.1) is 0 Å². The lowest BCUT2D eigenvalue weighted by Gasteiger charge is -2.12. The smallest absolute Gasteiger partial charge is 0.316 e. The molecule has 0 aliphatic heterocycles. The molecule has 0 amide bonds. The van der Waals surface area contributed by atoms with Crippen molar-refractivity contribution in [3.05, 3.63) is 0 Å². The lowest BCUT2D eigenvalue weighted by Crippen LogP contribution is -2.24. The molecule has 0 aromatic heterocycles. The molecule has 3 nitrogen and oxygen atoms in total. The van der Waals surface area contributed by atoms with Crippen molar-refractivity contribution in [3.63, 3.8) is 0 Å². The maximum absolute atomic E-state index is 11.5. The van der Waals surface area contributed by atoms with Crippen LogP contribution >= 0.6 is 0 Å². The van der Waals surface area contributed by atoms with Gasteiger partial charge in [-0.2, -0.15) is 0 Å². The normalized spacial score (nSPS) is 12.2. The average Bonchev–Trinajstić information content (AvgIpc) is 2.27. The van der Waals surface area contributed by atoms with E-state index in [2.05, 4.69) is 6.92 Å². The van der Waals surface area contributed by atoms with Crippen LogP contribution in [0.5, 0.6) is 0 Å². The van der Waals surface area contributed by atoms with Crippen LogP contribution in [0.3, 0.4) is 0 Å². The van der Waals surface area contributed by atoms with Gasteiger partial charge in [0.25, 0.3) is 0 Å². The Bertz CT molecular complexity index is 224. The van der Waals surface area contributed by atoms with Gasteiger partial charge >= 0.3 is 5.97 Å². The van der Waals surface area contributed by atoms with E-state index in [1.54, 1.807) is 6.92 Å². The number of unbranched alkanes of at least 4 members (excludes halogenated alkanes) is 5. The summed E-state index contributed by atoms with van der Waals surface area (Å²) in [6.45, 7) is 5.77. The quantitative estimate of drug-likeness (QED) is 0.334. The number of carbonyl (C=O) groups excluding carboxylic acids is 2. The molecule has 0 spiro atoms. The van der Waals surface area contributed by atoms with Crippen LogP contribution in [0.2, 0.25) is 0 Å². The molecular formula is C14H26O3. The molecule has 3 heteroatoms. The first-order chi connectivity index (χ1) is 8.13. The summed E-state index contributed by atoms with van der Waals surface area (Å²) in [5.74, 6) is -0.966. The molecule has 0 aromatic rings. The molecule has 0 unspecified atom stereocenters. The van der Waals surface area contributed by atoms with Crippen LogP contribution in [0.15, 0.2) is 0 Å². The van der Waals surface area contributed by atoms with E-state index in [1.807, 2.05) is 0 Å². The number of esters is 1. The number of hydrogen-bond donors (Lipinski definition) is 0. The molecule has 0 bridgehead atoms. The van der Waals surface area contributed by atoms with Crippen LogP contribution < -0.4 is 0 Å². The molecule has 0 heterocycles. The van der Waals surface area contributed by atoms with Crippen LogP contribution in [0.25, 0.3) is 0 Å². The summed E-state index contributed by atoms with van der Waals surface area (Å²) in [5, 5.41) is 0. The average molecular weight is 242 g/mol. The summed E-state index contributed by atoms with van der Waals surface area (Å²) in [7, 11) is 0. The highest BCUT2D eigenvalue weighted by Gasteiger charge is 2.23. The lowest BCUT2D eigenvalue weighted by molar-refractivity contribution is -0.151. The summed E-state index contributed by atoms with van der Waals surface area (Å²) in [6, 6.07) is 0. The Morgan fingerprint density at radius 1 is 1.00 bits per heavy atom. The minimum absolute atomic E-state index is 0.0722. The number of ether oxygens (including phenoxy) is 1. The minimum Gasteiger partial charge on any atom is -0.465 e. The third-order valence-electron chi connectivity index (χ3n) is 2.91. The second kappa shape index (κ2) is 10.3. The van der Waals surface area contributed by atoms with E-state index in [-0.39, 0.29) is 11.8 Å². The van der Waals surface area contributed by atoms with E-state index in [1.165, 1.54) is 32.6 Å². The van der Waals surface area contributed by atoms with Crippen LogP contribution in [-0.2, 0) is 14.3 Å². The zero-order chi connectivity index (χ0) is 13.1. The van der Waals surface area contributed by atoms with Gasteiger partial charge in [0.2, 0.25) is 0 Å². The minimum atomic E-state index is -0.541. The Hall–Kier alpha value is -0.860. The van der Waals surface area contributed by atoms with Crippen LogP contribution in [0.1, 0.15) is 65.7 Å². The van der Waals surface area contributed by atoms with Gasteiger partial charge < -0.3 is 4.74 Å². The number of Topliss-reactive ketones (excluding diaryl/α,β-unsaturated/α-hetero) is 1. The second-order valence-corrected chi connectivity index (χ2v) is 4.47. The Labute approximate surface area is 105 Å². The molecule has 0 saturated heterocycles. The monoisotopic (exact) mass is 242 g/mol. The Morgan fingerprint density at radius 2 is 1.59 bits per heavy atom. The Kier molecular flexibility index (Phi) is 9.78. The highest BCUT2D eigenvalue weighted by molar-refractivity contribution is 5.97. The van der Waals surface area contributed by atoms with Gasteiger partial charge in [-0.25, -0.2) is 0 Å². The fourth-order valence-electron chi connectivity index (χ4n) is 1.86. The van der Waals surface area contributed by atoms with Crippen molar-refractivity contribution in [2.45, 2.75) is 65.7 Å². The first kappa shape index (κ1) is 16.1. The van der Waals surface area contributed by atoms with Gasteiger partial charge in [0.15, 0.2) is 0 Å². The van der Waals surface area contributed by atoms with E-state index in [9.17, 15) is 9.59 Å². The van der Waals surface area contributed by atoms with E-state index in [0.29, 0.717) is 13.0 Å². The predicted molar refractivity (Wildman–Crippen MR) is 68.8 cm³/mol. The summed E-state index contributed by atoms with van der Waals surface area (Å²) >= 11 is 0. The highest BCUT2D eigenvalue weighted by atomic mass is 16.5. The molecule has 0 aromatic carbocycles. The second-order valence-electron chi connectivity index (χ2n) is 4.47. The Morgan fingerprint density at radius 3 is 2.12 bits per heavy atom. The van der Waals surface area contributed by atoms with Gasteiger partial charge in [-0.1, -0.05) is 45.4 Å². The SMILES string of the molecule is CCCCCCCC[C@@H](C(C)=O)C(=O)OCC. The molecule has 0 fully saturated rings. The van der Waals surface area contributed by atoms with Crippen LogP contribution in [0, 0.1) is 5.92 Å². The lowest BCUT2D eigenvalue weighted by atomic mass is 9.97. The van der Waals surface area contributed by atoms with Crippen molar-refractivity contribution in [1.29, 1.82) is 0 Å². The van der Waals surface area contributed by atoms with E-state index >= 15 is 0 Å². The van der Waals surface area contributed by atoms with Gasteiger partial charge in [0.05, 0.1) is 6.61 Å². The summed E-state index contributed by atoms with van der Waals surface area (Å²) in [6.07, 6.45) is 7.63. The molecule has 0 N–H and O–H groups in total. The Balaban J connectivity index is 3.78. The number of ketones is 1. The van der Waals surface area contributed by atoms with E-state index in [4.69, 9.17) is 4.74 Å². The first-order valence-electron chi connectivity index (χ1n) is 6.80. The van der Waals surface area contributed by atoms with Gasteiger partial charge in [0.1, 0.15) is 11.7 Å². The van der Waals surface area contributed by atoms with Gasteiger partial charge in [0, 0.05) is 0 Å². The standard InChI is InChI=1S/C14H26O3/c1-4-6-7-8-9-10-11-13(12(3)15)14(16)17-5-2/h13H,4-11H2,1-3H3/t13-/m0/s1. The maximum Gasteiger partial charge on any atom is 0.316 e. The number of carbonyl (C=O) groups is 2. The van der Waals surface area contributed by atoms with E-state index < -0.39 is 5.92 Å². The molecular weight excluding hydrogens is 216 g/mol. The van der Waals surface area contributed by atoms with Gasteiger partial charge in [-0.05, 0) is 20.3 Å². The first-order valence-corrected chi connectivity index (χ1v) is 6.80. The zero-order valence-corrected chi connectivity index (χ0v) is 11.5. The summed E-state index contributed by atoms with van der Waals surface area (Å²) < 4.78 is 4.90. The zero-order valence-electron chi connectivity index (χ0n) is 11.5. The third kappa shape index (κ3) is 7.94. The molecule has 0 saturated carbocycles. The van der Waals surface area contributed by atoms with E-state index in [0.717, 1.165) is 12.8 Å². The van der Waals surface area contributed by atoms with Crippen molar-refractivity contribution in [3.8, 4) is 0 Å². The molecule has 0 radical (unpaired) electrons. The van der Waals surface area contributed by atoms with Crippen LogP contribution in [0.4, 0.5) is 0 Å². The van der Waals surface area contributed by atoms with Crippen molar-refractivity contribution in [2.24, 2.45) is 5.92 Å². The van der Waals surface area contributed by atoms with Crippen LogP contribution in [-0.4, -0.2) is 18.4 Å². The molecule has 100 valence electrons. The highest BCUT2D eigenvalue weighted by Crippen LogP contribution is 2.14. The fourth-order valence-corrected chi connectivity index (χ4v) is 1.86. The third-order valence-corrected chi connectivity index (χ3v) is 2.91. The van der Waals surface area contributed by atoms with Crippen molar-refractivity contribution in [2.75, 3.05) is 6.61 Å². The molecule has 0 aliphatic rings. The topological polar surface area (TPSA) is 43.4 Å². The molecule has 0 rings (SSSR count). The number of rotatable bonds is 10. The van der Waals surface area contributed by atoms with Crippen molar-refractivity contribution < 1.29 is 14.3 Å². The maximum atomic E-state index is 11.5. The molecule has 0 aliphatic carbocycles. The predicted octanol–water partition coefficient (Wildman–Crippen LogP) is 3.51. The number of hydrogen-bond acceptors (Lipinski definition) is 3. The van der Waals surface area contributed by atoms with Gasteiger partial charge in [-0.3, -0.25) is 9.59 Å². The molecule has 17 heavy (non-hydrogen) atoms. The fraction of sp³-hybridized carbons (Fsp3) is 0.857. The largest absolute Gasteiger partial charge is 0.465 e.